The molecule has 0 spiro atoms. The molecule has 2 fully saturated rings. The highest BCUT2D eigenvalue weighted by atomic mass is 16.5. The number of nitrogens with one attached hydrogen (secondary N) is 2. The second-order valence-corrected chi connectivity index (χ2v) is 6.68. The van der Waals surface area contributed by atoms with E-state index in [1.165, 1.54) is 25.7 Å². The molecule has 2 N–H and O–H groups in total. The van der Waals surface area contributed by atoms with Crippen molar-refractivity contribution in [1.29, 1.82) is 0 Å². The summed E-state index contributed by atoms with van der Waals surface area (Å²) >= 11 is 0. The van der Waals surface area contributed by atoms with Crippen LogP contribution in [0.15, 0.2) is 24.3 Å². The number of rotatable bonds is 5. The first-order valence-electron chi connectivity index (χ1n) is 8.46. The highest BCUT2D eigenvalue weighted by Gasteiger charge is 2.42. The largest absolute Gasteiger partial charge is 0.494 e. The summed E-state index contributed by atoms with van der Waals surface area (Å²) in [4.78, 5) is 12.1. The molecular formula is C18H26N2O2. The SMILES string of the molecule is CCOc1ccc(NC(=O)NC(C)C2CC3CCC2C3)cc1. The molecule has 4 nitrogen and oxygen atoms in total. The van der Waals surface area contributed by atoms with Gasteiger partial charge in [0.15, 0.2) is 0 Å². The number of anilines is 1. The molecular weight excluding hydrogens is 276 g/mol. The van der Waals surface area contributed by atoms with E-state index < -0.39 is 0 Å². The molecule has 0 aromatic heterocycles. The first-order valence-corrected chi connectivity index (χ1v) is 8.46. The van der Waals surface area contributed by atoms with Crippen LogP contribution in [0.1, 0.15) is 39.5 Å². The predicted molar refractivity (Wildman–Crippen MR) is 88.2 cm³/mol. The predicted octanol–water partition coefficient (Wildman–Crippen LogP) is 4.03. The molecule has 2 aliphatic rings. The van der Waals surface area contributed by atoms with Crippen LogP contribution in [0.4, 0.5) is 10.5 Å². The lowest BCUT2D eigenvalue weighted by Gasteiger charge is -2.28. The van der Waals surface area contributed by atoms with Crippen molar-refractivity contribution in [2.24, 2.45) is 17.8 Å². The Hall–Kier alpha value is -1.71. The van der Waals surface area contributed by atoms with E-state index >= 15 is 0 Å². The monoisotopic (exact) mass is 302 g/mol. The minimum atomic E-state index is -0.112. The van der Waals surface area contributed by atoms with Crippen LogP contribution in [0.25, 0.3) is 0 Å². The van der Waals surface area contributed by atoms with Gasteiger partial charge in [0.1, 0.15) is 5.75 Å². The van der Waals surface area contributed by atoms with Gasteiger partial charge in [0.25, 0.3) is 0 Å². The van der Waals surface area contributed by atoms with Crippen LogP contribution in [0.5, 0.6) is 5.75 Å². The topological polar surface area (TPSA) is 50.4 Å². The average Bonchev–Trinajstić information content (AvgIpc) is 3.12. The molecule has 3 rings (SSSR count). The van der Waals surface area contributed by atoms with Crippen LogP contribution in [0.3, 0.4) is 0 Å². The Balaban J connectivity index is 1.49. The van der Waals surface area contributed by atoms with Crippen molar-refractivity contribution >= 4 is 11.7 Å². The minimum absolute atomic E-state index is 0.112. The Bertz CT molecular complexity index is 514. The Kier molecular flexibility index (Phi) is 4.55. The molecule has 120 valence electrons. The number of fused-ring (bicyclic) bond motifs is 2. The van der Waals surface area contributed by atoms with Crippen molar-refractivity contribution in [1.82, 2.24) is 5.32 Å². The van der Waals surface area contributed by atoms with Crippen LogP contribution in [0, 0.1) is 17.8 Å². The molecule has 2 bridgehead atoms. The van der Waals surface area contributed by atoms with Gasteiger partial charge in [-0.25, -0.2) is 4.79 Å². The Morgan fingerprint density at radius 3 is 2.64 bits per heavy atom. The van der Waals surface area contributed by atoms with Gasteiger partial charge in [0.2, 0.25) is 0 Å². The maximum absolute atomic E-state index is 12.1. The quantitative estimate of drug-likeness (QED) is 0.862. The molecule has 1 aromatic rings. The summed E-state index contributed by atoms with van der Waals surface area (Å²) in [6.07, 6.45) is 5.40. The highest BCUT2D eigenvalue weighted by molar-refractivity contribution is 5.89. The zero-order chi connectivity index (χ0) is 15.5. The van der Waals surface area contributed by atoms with Gasteiger partial charge >= 0.3 is 6.03 Å². The molecule has 4 heteroatoms. The van der Waals surface area contributed by atoms with Gasteiger partial charge in [-0.3, -0.25) is 0 Å². The van der Waals surface area contributed by atoms with Crippen LogP contribution >= 0.6 is 0 Å². The molecule has 2 saturated carbocycles. The fourth-order valence-corrected chi connectivity index (χ4v) is 4.19. The van der Waals surface area contributed by atoms with Gasteiger partial charge in [-0.2, -0.15) is 0 Å². The van der Waals surface area contributed by atoms with Gasteiger partial charge in [-0.05, 0) is 75.1 Å². The summed E-state index contributed by atoms with van der Waals surface area (Å²) < 4.78 is 5.40. The summed E-state index contributed by atoms with van der Waals surface area (Å²) in [6.45, 7) is 4.74. The number of benzene rings is 1. The maximum atomic E-state index is 12.1. The van der Waals surface area contributed by atoms with Gasteiger partial charge in [0.05, 0.1) is 6.61 Å². The van der Waals surface area contributed by atoms with E-state index in [2.05, 4.69) is 17.6 Å². The maximum Gasteiger partial charge on any atom is 0.319 e. The van der Waals surface area contributed by atoms with Gasteiger partial charge in [-0.15, -0.1) is 0 Å². The summed E-state index contributed by atoms with van der Waals surface area (Å²) in [7, 11) is 0. The fourth-order valence-electron chi connectivity index (χ4n) is 4.19. The second kappa shape index (κ2) is 6.59. The van der Waals surface area contributed by atoms with Crippen LogP contribution < -0.4 is 15.4 Å². The molecule has 0 aliphatic heterocycles. The Morgan fingerprint density at radius 2 is 2.05 bits per heavy atom. The van der Waals surface area contributed by atoms with E-state index in [0.717, 1.165) is 23.3 Å². The molecule has 22 heavy (non-hydrogen) atoms. The summed E-state index contributed by atoms with van der Waals surface area (Å²) in [5.74, 6) is 3.22. The number of ether oxygens (including phenoxy) is 1. The van der Waals surface area contributed by atoms with Crippen molar-refractivity contribution in [3.8, 4) is 5.75 Å². The second-order valence-electron chi connectivity index (χ2n) is 6.68. The number of urea groups is 1. The molecule has 2 aliphatic carbocycles. The van der Waals surface area contributed by atoms with Crippen molar-refractivity contribution in [3.63, 3.8) is 0 Å². The number of carbonyl (C=O) groups is 1. The molecule has 0 saturated heterocycles. The molecule has 4 atom stereocenters. The number of amides is 2. The molecule has 1 aromatic carbocycles. The first-order chi connectivity index (χ1) is 10.7. The van der Waals surface area contributed by atoms with E-state index in [1.807, 2.05) is 31.2 Å². The lowest BCUT2D eigenvalue weighted by Crippen LogP contribution is -2.42. The lowest BCUT2D eigenvalue weighted by atomic mass is 9.84. The fraction of sp³-hybridized carbons (Fsp3) is 0.611. The van der Waals surface area contributed by atoms with Crippen LogP contribution in [-0.2, 0) is 0 Å². The lowest BCUT2D eigenvalue weighted by molar-refractivity contribution is 0.230. The molecule has 0 heterocycles. The Morgan fingerprint density at radius 1 is 1.27 bits per heavy atom. The van der Waals surface area contributed by atoms with E-state index in [-0.39, 0.29) is 12.1 Å². The van der Waals surface area contributed by atoms with E-state index in [4.69, 9.17) is 4.74 Å². The minimum Gasteiger partial charge on any atom is -0.494 e. The van der Waals surface area contributed by atoms with Gasteiger partial charge in [0, 0.05) is 11.7 Å². The van der Waals surface area contributed by atoms with Crippen molar-refractivity contribution in [3.05, 3.63) is 24.3 Å². The normalized spacial score (nSPS) is 27.5. The van der Waals surface area contributed by atoms with Crippen molar-refractivity contribution in [2.45, 2.75) is 45.6 Å². The van der Waals surface area contributed by atoms with Crippen LogP contribution in [-0.4, -0.2) is 18.7 Å². The summed E-state index contributed by atoms with van der Waals surface area (Å²) in [6, 6.07) is 7.62. The zero-order valence-corrected chi connectivity index (χ0v) is 13.5. The highest BCUT2D eigenvalue weighted by Crippen LogP contribution is 2.49. The average molecular weight is 302 g/mol. The van der Waals surface area contributed by atoms with E-state index in [0.29, 0.717) is 12.5 Å². The summed E-state index contributed by atoms with van der Waals surface area (Å²) in [5.41, 5.74) is 0.793. The van der Waals surface area contributed by atoms with Crippen LogP contribution in [0.2, 0.25) is 0 Å². The van der Waals surface area contributed by atoms with E-state index in [9.17, 15) is 4.79 Å². The third kappa shape index (κ3) is 3.37. The van der Waals surface area contributed by atoms with Gasteiger partial charge in [-0.1, -0.05) is 6.42 Å². The van der Waals surface area contributed by atoms with Gasteiger partial charge < -0.3 is 15.4 Å². The zero-order valence-electron chi connectivity index (χ0n) is 13.5. The third-order valence-electron chi connectivity index (χ3n) is 5.22. The van der Waals surface area contributed by atoms with Crippen molar-refractivity contribution < 1.29 is 9.53 Å². The van der Waals surface area contributed by atoms with E-state index in [1.54, 1.807) is 0 Å². The first kappa shape index (κ1) is 15.2. The number of hydrogen-bond acceptors (Lipinski definition) is 2. The van der Waals surface area contributed by atoms with Crippen molar-refractivity contribution in [2.75, 3.05) is 11.9 Å². The molecule has 0 radical (unpaired) electrons. The third-order valence-corrected chi connectivity index (χ3v) is 5.22. The number of carbonyl (C=O) groups excluding carboxylic acids is 1. The standard InChI is InChI=1S/C18H26N2O2/c1-3-22-16-8-6-15(7-9-16)20-18(21)19-12(2)17-11-13-4-5-14(17)10-13/h6-9,12-14,17H,3-5,10-11H2,1-2H3,(H2,19,20,21). The molecule has 4 unspecified atom stereocenters. The molecule has 2 amide bonds. The smallest absolute Gasteiger partial charge is 0.319 e. The Labute approximate surface area is 132 Å². The number of hydrogen-bond donors (Lipinski definition) is 2. The summed E-state index contributed by atoms with van der Waals surface area (Å²) in [5, 5.41) is 6.02.